The third kappa shape index (κ3) is 3.15. The van der Waals surface area contributed by atoms with Crippen molar-refractivity contribution in [2.24, 2.45) is 0 Å². The molecule has 7 heteroatoms. The minimum atomic E-state index is -3.64. The van der Waals surface area contributed by atoms with Gasteiger partial charge in [-0.15, -0.1) is 0 Å². The number of nitrogens with zero attached hydrogens (tertiary/aromatic N) is 2. The summed E-state index contributed by atoms with van der Waals surface area (Å²) in [5, 5.41) is -0.0991. The van der Waals surface area contributed by atoms with Gasteiger partial charge in [-0.05, 0) is 12.1 Å². The molecule has 0 saturated carbocycles. The van der Waals surface area contributed by atoms with Crippen LogP contribution in [0.15, 0.2) is 23.4 Å². The number of nitrogen functional groups attached to an aromatic ring is 1. The molecule has 0 aliphatic carbocycles. The molecule has 0 bridgehead atoms. The molecule has 0 saturated heterocycles. The number of methoxy groups -OCH3 is 1. The molecule has 2 N–H and O–H groups in total. The molecule has 6 nitrogen and oxygen atoms in total. The van der Waals surface area contributed by atoms with Crippen LogP contribution in [0.4, 0.5) is 5.69 Å². The fraction of sp³-hybridized carbons (Fsp3) is 0.500. The topological polar surface area (TPSA) is 85.5 Å². The van der Waals surface area contributed by atoms with E-state index in [-0.39, 0.29) is 17.3 Å². The second-order valence-corrected chi connectivity index (χ2v) is 5.24. The molecule has 1 aromatic rings. The van der Waals surface area contributed by atoms with Crippen molar-refractivity contribution in [3.63, 3.8) is 0 Å². The van der Waals surface area contributed by atoms with Crippen molar-refractivity contribution in [2.45, 2.75) is 11.9 Å². The number of nitrogens with two attached hydrogens (primary N) is 1. The average molecular weight is 259 g/mol. The van der Waals surface area contributed by atoms with Gasteiger partial charge in [0.15, 0.2) is 5.03 Å². The van der Waals surface area contributed by atoms with Crippen LogP contribution in [-0.2, 0) is 14.8 Å². The van der Waals surface area contributed by atoms with Crippen molar-refractivity contribution >= 4 is 15.7 Å². The fourth-order valence-corrected chi connectivity index (χ4v) is 2.84. The summed E-state index contributed by atoms with van der Waals surface area (Å²) in [7, 11) is -2.11. The molecule has 0 unspecified atom stereocenters. The fourth-order valence-electron chi connectivity index (χ4n) is 1.38. The Balaban J connectivity index is 3.05. The molecule has 0 aromatic carbocycles. The van der Waals surface area contributed by atoms with Crippen molar-refractivity contribution in [3.8, 4) is 0 Å². The summed E-state index contributed by atoms with van der Waals surface area (Å²) in [4.78, 5) is 3.83. The summed E-state index contributed by atoms with van der Waals surface area (Å²) < 4.78 is 30.6. The van der Waals surface area contributed by atoms with Crippen molar-refractivity contribution < 1.29 is 13.2 Å². The number of sulfonamides is 1. The zero-order chi connectivity index (χ0) is 12.9. The number of ether oxygens (including phenoxy) is 1. The molecule has 17 heavy (non-hydrogen) atoms. The summed E-state index contributed by atoms with van der Waals surface area (Å²) in [5.74, 6) is 0. The molecule has 0 atom stereocenters. The first-order valence-electron chi connectivity index (χ1n) is 5.23. The Labute approximate surface area is 101 Å². The molecule has 96 valence electrons. The van der Waals surface area contributed by atoms with Crippen molar-refractivity contribution in [2.75, 3.05) is 32.5 Å². The van der Waals surface area contributed by atoms with E-state index in [1.807, 2.05) is 0 Å². The Bertz CT molecular complexity index is 462. The number of likely N-dealkylation sites (N-methyl/N-ethyl adjacent to an activating group) is 1. The highest BCUT2D eigenvalue weighted by atomic mass is 32.2. The van der Waals surface area contributed by atoms with Gasteiger partial charge in [0, 0.05) is 26.4 Å². The largest absolute Gasteiger partial charge is 0.396 e. The second-order valence-electron chi connectivity index (χ2n) is 3.39. The van der Waals surface area contributed by atoms with Gasteiger partial charge in [0.2, 0.25) is 0 Å². The maximum absolute atomic E-state index is 12.2. The smallest absolute Gasteiger partial charge is 0.262 e. The van der Waals surface area contributed by atoms with Gasteiger partial charge >= 0.3 is 0 Å². The molecule has 0 amide bonds. The van der Waals surface area contributed by atoms with Gasteiger partial charge in [-0.25, -0.2) is 13.4 Å². The van der Waals surface area contributed by atoms with E-state index in [1.54, 1.807) is 13.0 Å². The summed E-state index contributed by atoms with van der Waals surface area (Å²) in [6, 6.07) is 3.11. The van der Waals surface area contributed by atoms with Crippen LogP contribution in [0, 0.1) is 0 Å². The third-order valence-electron chi connectivity index (χ3n) is 2.28. The van der Waals surface area contributed by atoms with Gasteiger partial charge in [-0.1, -0.05) is 6.92 Å². The monoisotopic (exact) mass is 259 g/mol. The van der Waals surface area contributed by atoms with E-state index in [2.05, 4.69) is 4.98 Å². The van der Waals surface area contributed by atoms with Crippen LogP contribution in [0.2, 0.25) is 0 Å². The Morgan fingerprint density at radius 1 is 1.53 bits per heavy atom. The molecular weight excluding hydrogens is 242 g/mol. The van der Waals surface area contributed by atoms with Gasteiger partial charge < -0.3 is 10.5 Å². The molecule has 0 aliphatic rings. The van der Waals surface area contributed by atoms with E-state index in [4.69, 9.17) is 10.5 Å². The van der Waals surface area contributed by atoms with Crippen molar-refractivity contribution in [1.82, 2.24) is 9.29 Å². The molecule has 1 heterocycles. The van der Waals surface area contributed by atoms with Crippen molar-refractivity contribution in [3.05, 3.63) is 18.3 Å². The first-order valence-corrected chi connectivity index (χ1v) is 6.67. The number of pyridine rings is 1. The van der Waals surface area contributed by atoms with Crippen LogP contribution in [0.3, 0.4) is 0 Å². The summed E-state index contributed by atoms with van der Waals surface area (Å²) in [5.41, 5.74) is 5.78. The lowest BCUT2D eigenvalue weighted by Gasteiger charge is -2.19. The van der Waals surface area contributed by atoms with E-state index >= 15 is 0 Å². The zero-order valence-corrected chi connectivity index (χ0v) is 10.8. The Kier molecular flexibility index (Phi) is 4.86. The molecule has 0 spiro atoms. The zero-order valence-electron chi connectivity index (χ0n) is 9.96. The maximum atomic E-state index is 12.2. The highest BCUT2D eigenvalue weighted by Crippen LogP contribution is 2.18. The lowest BCUT2D eigenvalue weighted by Crippen LogP contribution is -2.34. The first-order chi connectivity index (χ1) is 8.04. The van der Waals surface area contributed by atoms with Gasteiger partial charge in [0.25, 0.3) is 10.0 Å². The van der Waals surface area contributed by atoms with Gasteiger partial charge in [0.1, 0.15) is 0 Å². The van der Waals surface area contributed by atoms with Gasteiger partial charge in [-0.2, -0.15) is 4.31 Å². The third-order valence-corrected chi connectivity index (χ3v) is 4.23. The number of hydrogen-bond donors (Lipinski definition) is 1. The predicted octanol–water partition coefficient (Wildman–Crippen LogP) is 0.321. The Morgan fingerprint density at radius 2 is 2.24 bits per heavy atom. The first kappa shape index (κ1) is 13.9. The van der Waals surface area contributed by atoms with E-state index in [9.17, 15) is 8.42 Å². The van der Waals surface area contributed by atoms with E-state index < -0.39 is 10.0 Å². The summed E-state index contributed by atoms with van der Waals surface area (Å²) in [6.07, 6.45) is 1.41. The van der Waals surface area contributed by atoms with Crippen molar-refractivity contribution in [1.29, 1.82) is 0 Å². The second kappa shape index (κ2) is 5.95. The van der Waals surface area contributed by atoms with E-state index in [0.29, 0.717) is 13.2 Å². The molecule has 1 aromatic heterocycles. The summed E-state index contributed by atoms with van der Waals surface area (Å²) >= 11 is 0. The van der Waals surface area contributed by atoms with Crippen LogP contribution < -0.4 is 5.73 Å². The minimum absolute atomic E-state index is 0.0991. The van der Waals surface area contributed by atoms with Crippen LogP contribution >= 0.6 is 0 Å². The molecule has 0 fully saturated rings. The molecule has 0 radical (unpaired) electrons. The van der Waals surface area contributed by atoms with E-state index in [1.165, 1.54) is 23.7 Å². The van der Waals surface area contributed by atoms with Gasteiger partial charge in [0.05, 0.1) is 12.3 Å². The highest BCUT2D eigenvalue weighted by molar-refractivity contribution is 7.89. The Morgan fingerprint density at radius 3 is 2.76 bits per heavy atom. The number of aromatic nitrogens is 1. The van der Waals surface area contributed by atoms with Gasteiger partial charge in [-0.3, -0.25) is 0 Å². The lowest BCUT2D eigenvalue weighted by atomic mass is 10.4. The molecule has 1 rings (SSSR count). The van der Waals surface area contributed by atoms with E-state index in [0.717, 1.165) is 0 Å². The maximum Gasteiger partial charge on any atom is 0.262 e. The standard InChI is InChI=1S/C10H17N3O3S/c1-3-13(7-8-16-2)17(14,15)10-9(11)5-4-6-12-10/h4-6H,3,7-8,11H2,1-2H3. The highest BCUT2D eigenvalue weighted by Gasteiger charge is 2.26. The quantitative estimate of drug-likeness (QED) is 0.795. The van der Waals surface area contributed by atoms with Crippen LogP contribution in [0.5, 0.6) is 0 Å². The molecule has 0 aliphatic heterocycles. The number of rotatable bonds is 6. The summed E-state index contributed by atoms with van der Waals surface area (Å²) in [6.45, 7) is 2.72. The lowest BCUT2D eigenvalue weighted by molar-refractivity contribution is 0.180. The van der Waals surface area contributed by atoms with Crippen LogP contribution in [-0.4, -0.2) is 44.5 Å². The number of hydrogen-bond acceptors (Lipinski definition) is 5. The Hall–Kier alpha value is -1.18. The van der Waals surface area contributed by atoms with Crippen LogP contribution in [0.1, 0.15) is 6.92 Å². The molecular formula is C10H17N3O3S. The normalized spacial score (nSPS) is 11.9. The number of anilines is 1. The average Bonchev–Trinajstić information content (AvgIpc) is 2.30. The minimum Gasteiger partial charge on any atom is -0.396 e. The van der Waals surface area contributed by atoms with Crippen LogP contribution in [0.25, 0.3) is 0 Å². The predicted molar refractivity (Wildman–Crippen MR) is 65.0 cm³/mol. The SMILES string of the molecule is CCN(CCOC)S(=O)(=O)c1ncccc1N.